The van der Waals surface area contributed by atoms with E-state index in [1.165, 1.54) is 11.3 Å². The molecule has 0 atom stereocenters. The molecule has 1 aliphatic heterocycles. The number of nitrogens with one attached hydrogen (secondary N) is 1. The molecule has 1 aromatic rings. The zero-order valence-electron chi connectivity index (χ0n) is 10.8. The molecule has 0 aromatic carbocycles. The van der Waals surface area contributed by atoms with Crippen LogP contribution in [0.5, 0.6) is 0 Å². The Hall–Kier alpha value is -1.42. The van der Waals surface area contributed by atoms with Crippen LogP contribution in [0.3, 0.4) is 0 Å². The first-order valence-electron chi connectivity index (χ1n) is 6.28. The zero-order chi connectivity index (χ0) is 13.9. The summed E-state index contributed by atoms with van der Waals surface area (Å²) >= 11 is 1.34. The Bertz CT molecular complexity index is 500. The molecule has 1 amide bonds. The lowest BCUT2D eigenvalue weighted by atomic mass is 9.89. The van der Waals surface area contributed by atoms with Gasteiger partial charge in [-0.25, -0.2) is 0 Å². The number of nitrogens with zero attached hydrogens (tertiary/aromatic N) is 2. The van der Waals surface area contributed by atoms with Gasteiger partial charge in [0.15, 0.2) is 0 Å². The summed E-state index contributed by atoms with van der Waals surface area (Å²) in [4.78, 5) is 13.7. The van der Waals surface area contributed by atoms with Crippen LogP contribution in [0.4, 0.5) is 5.00 Å². The van der Waals surface area contributed by atoms with Crippen molar-refractivity contribution in [1.29, 1.82) is 5.26 Å². The maximum Gasteiger partial charge on any atom is 0.239 e. The maximum atomic E-state index is 11.8. The van der Waals surface area contributed by atoms with Gasteiger partial charge in [-0.15, -0.1) is 11.3 Å². The van der Waals surface area contributed by atoms with E-state index in [1.807, 2.05) is 17.9 Å². The molecule has 0 bridgehead atoms. The lowest BCUT2D eigenvalue weighted by Crippen LogP contribution is -2.62. The van der Waals surface area contributed by atoms with Crippen molar-refractivity contribution in [3.05, 3.63) is 17.0 Å². The lowest BCUT2D eigenvalue weighted by molar-refractivity contribution is -0.129. The number of rotatable bonds is 5. The summed E-state index contributed by atoms with van der Waals surface area (Å²) in [6.45, 7) is 3.38. The van der Waals surface area contributed by atoms with Gasteiger partial charge in [-0.2, -0.15) is 5.26 Å². The number of carbonyl (C=O) groups excluding carboxylic acids is 1. The third kappa shape index (κ3) is 3.32. The fourth-order valence-electron chi connectivity index (χ4n) is 2.38. The minimum absolute atomic E-state index is 0.141. The van der Waals surface area contributed by atoms with Gasteiger partial charge >= 0.3 is 0 Å². The summed E-state index contributed by atoms with van der Waals surface area (Å²) in [5.74, 6) is -0.141. The first kappa shape index (κ1) is 14.0. The average molecular weight is 279 g/mol. The Morgan fingerprint density at radius 1 is 1.68 bits per heavy atom. The van der Waals surface area contributed by atoms with E-state index in [0.717, 1.165) is 12.8 Å². The van der Waals surface area contributed by atoms with Crippen LogP contribution >= 0.6 is 11.3 Å². The molecule has 1 aliphatic rings. The number of hydrogen-bond acceptors (Lipinski definition) is 5. The van der Waals surface area contributed by atoms with E-state index in [4.69, 9.17) is 5.26 Å². The van der Waals surface area contributed by atoms with E-state index in [-0.39, 0.29) is 12.5 Å². The predicted molar refractivity (Wildman–Crippen MR) is 74.0 cm³/mol. The molecule has 19 heavy (non-hydrogen) atoms. The van der Waals surface area contributed by atoms with Crippen LogP contribution in [0, 0.1) is 11.3 Å². The van der Waals surface area contributed by atoms with Gasteiger partial charge in [0.05, 0.1) is 17.7 Å². The number of carbonyl (C=O) groups is 1. The van der Waals surface area contributed by atoms with E-state index in [1.54, 1.807) is 11.4 Å². The van der Waals surface area contributed by atoms with Gasteiger partial charge in [-0.3, -0.25) is 9.69 Å². The number of anilines is 1. The largest absolute Gasteiger partial charge is 0.387 e. The van der Waals surface area contributed by atoms with Crippen molar-refractivity contribution >= 4 is 22.2 Å². The van der Waals surface area contributed by atoms with Crippen molar-refractivity contribution in [3.63, 3.8) is 0 Å². The molecule has 1 saturated heterocycles. The van der Waals surface area contributed by atoms with Gasteiger partial charge < -0.3 is 10.4 Å². The van der Waals surface area contributed by atoms with Gasteiger partial charge in [-0.1, -0.05) is 13.3 Å². The lowest BCUT2D eigenvalue weighted by Gasteiger charge is -2.46. The summed E-state index contributed by atoms with van der Waals surface area (Å²) in [5, 5.41) is 24.0. The number of aliphatic hydroxyl groups is 1. The SMILES string of the molecule is CCCC1(O)CN(CC(=O)Nc2sccc2C#N)C1. The number of nitriles is 1. The van der Waals surface area contributed by atoms with Gasteiger partial charge in [0.25, 0.3) is 0 Å². The molecule has 102 valence electrons. The minimum atomic E-state index is -0.615. The third-order valence-electron chi connectivity index (χ3n) is 3.16. The first-order valence-corrected chi connectivity index (χ1v) is 7.16. The van der Waals surface area contributed by atoms with E-state index < -0.39 is 5.60 Å². The smallest absolute Gasteiger partial charge is 0.239 e. The van der Waals surface area contributed by atoms with E-state index in [2.05, 4.69) is 5.32 Å². The van der Waals surface area contributed by atoms with Crippen molar-refractivity contribution < 1.29 is 9.90 Å². The Morgan fingerprint density at radius 2 is 2.42 bits per heavy atom. The van der Waals surface area contributed by atoms with Crippen LogP contribution in [0.15, 0.2) is 11.4 Å². The fraction of sp³-hybridized carbons (Fsp3) is 0.538. The summed E-state index contributed by atoms with van der Waals surface area (Å²) in [5.41, 5.74) is -0.125. The highest BCUT2D eigenvalue weighted by Gasteiger charge is 2.40. The highest BCUT2D eigenvalue weighted by molar-refractivity contribution is 7.14. The number of amides is 1. The molecule has 6 heteroatoms. The molecule has 0 unspecified atom stereocenters. The summed E-state index contributed by atoms with van der Waals surface area (Å²) in [6.07, 6.45) is 1.71. The second kappa shape index (κ2) is 5.70. The Labute approximate surface area is 116 Å². The fourth-order valence-corrected chi connectivity index (χ4v) is 3.14. The van der Waals surface area contributed by atoms with Crippen molar-refractivity contribution in [3.8, 4) is 6.07 Å². The number of β-amino-alcohol motifs (C(OH)–C–C–N with tert-alkyl or cyclic N) is 1. The van der Waals surface area contributed by atoms with Crippen molar-refractivity contribution in [1.82, 2.24) is 4.90 Å². The molecule has 1 aromatic heterocycles. The quantitative estimate of drug-likeness (QED) is 0.854. The zero-order valence-corrected chi connectivity index (χ0v) is 11.7. The van der Waals surface area contributed by atoms with Crippen molar-refractivity contribution in [2.45, 2.75) is 25.4 Å². The van der Waals surface area contributed by atoms with Crippen molar-refractivity contribution in [2.24, 2.45) is 0 Å². The summed E-state index contributed by atoms with van der Waals surface area (Å²) in [7, 11) is 0. The molecule has 1 fully saturated rings. The van der Waals surface area contributed by atoms with Crippen LogP contribution in [-0.2, 0) is 4.79 Å². The highest BCUT2D eigenvalue weighted by Crippen LogP contribution is 2.26. The standard InChI is InChI=1S/C13H17N3O2S/c1-2-4-13(18)8-16(9-13)7-11(17)15-12-10(6-14)3-5-19-12/h3,5,18H,2,4,7-9H2,1H3,(H,15,17). The number of likely N-dealkylation sites (tertiary alicyclic amines) is 1. The van der Waals surface area contributed by atoms with Gasteiger partial charge in [0.1, 0.15) is 11.1 Å². The molecular weight excluding hydrogens is 262 g/mol. The topological polar surface area (TPSA) is 76.4 Å². The normalized spacial score (nSPS) is 17.5. The molecule has 0 aliphatic carbocycles. The molecule has 0 spiro atoms. The van der Waals surface area contributed by atoms with Crippen LogP contribution in [-0.4, -0.2) is 41.1 Å². The molecule has 0 saturated carbocycles. The molecule has 0 radical (unpaired) electrons. The monoisotopic (exact) mass is 279 g/mol. The number of thiophene rings is 1. The maximum absolute atomic E-state index is 11.8. The van der Waals surface area contributed by atoms with Gasteiger partial charge in [-0.05, 0) is 17.9 Å². The molecule has 2 rings (SSSR count). The Kier molecular flexibility index (Phi) is 4.20. The third-order valence-corrected chi connectivity index (χ3v) is 3.99. The Morgan fingerprint density at radius 3 is 3.05 bits per heavy atom. The molecule has 5 nitrogen and oxygen atoms in total. The predicted octanol–water partition coefficient (Wildman–Crippen LogP) is 1.41. The minimum Gasteiger partial charge on any atom is -0.387 e. The average Bonchev–Trinajstić information content (AvgIpc) is 2.74. The van der Waals surface area contributed by atoms with E-state index >= 15 is 0 Å². The number of hydrogen-bond donors (Lipinski definition) is 2. The highest BCUT2D eigenvalue weighted by atomic mass is 32.1. The molecular formula is C13H17N3O2S. The van der Waals surface area contributed by atoms with Gasteiger partial charge in [0, 0.05) is 13.1 Å². The summed E-state index contributed by atoms with van der Waals surface area (Å²) < 4.78 is 0. The molecule has 2 N–H and O–H groups in total. The van der Waals surface area contributed by atoms with Crippen molar-refractivity contribution in [2.75, 3.05) is 25.0 Å². The second-order valence-corrected chi connectivity index (χ2v) is 5.86. The first-order chi connectivity index (χ1) is 9.06. The van der Waals surface area contributed by atoms with Gasteiger partial charge in [0.2, 0.25) is 5.91 Å². The van der Waals surface area contributed by atoms with Crippen LogP contribution in [0.1, 0.15) is 25.3 Å². The molecule has 2 heterocycles. The van der Waals surface area contributed by atoms with E-state index in [0.29, 0.717) is 23.7 Å². The summed E-state index contributed by atoms with van der Waals surface area (Å²) in [6, 6.07) is 3.72. The Balaban J connectivity index is 1.80. The van der Waals surface area contributed by atoms with Crippen LogP contribution in [0.2, 0.25) is 0 Å². The van der Waals surface area contributed by atoms with E-state index in [9.17, 15) is 9.90 Å². The van der Waals surface area contributed by atoms with Crippen LogP contribution in [0.25, 0.3) is 0 Å². The van der Waals surface area contributed by atoms with Crippen LogP contribution < -0.4 is 5.32 Å². The second-order valence-electron chi connectivity index (χ2n) is 4.94.